The van der Waals surface area contributed by atoms with E-state index in [0.717, 1.165) is 0 Å². The maximum Gasteiger partial charge on any atom is 0.294 e. The lowest BCUT2D eigenvalue weighted by atomic mass is 10.3. The number of hydrogen-bond acceptors (Lipinski definition) is 6. The Hall–Kier alpha value is -3.21. The molecule has 0 aromatic carbocycles. The van der Waals surface area contributed by atoms with Crippen LogP contribution in [0.4, 0.5) is 0 Å². The molecule has 0 radical (unpaired) electrons. The van der Waals surface area contributed by atoms with Gasteiger partial charge in [-0.2, -0.15) is 5.26 Å². The second kappa shape index (κ2) is 6.29. The summed E-state index contributed by atoms with van der Waals surface area (Å²) in [5, 5.41) is 20.4. The molecule has 0 aliphatic heterocycles. The van der Waals surface area contributed by atoms with Gasteiger partial charge in [-0.15, -0.1) is 0 Å². The average molecular weight is 285 g/mol. The molecule has 0 aliphatic rings. The Balaban J connectivity index is 2.38. The Kier molecular flexibility index (Phi) is 4.26. The summed E-state index contributed by atoms with van der Waals surface area (Å²) in [6, 6.07) is 6.85. The fraction of sp³-hybridized carbons (Fsp3) is 0.154. The van der Waals surface area contributed by atoms with Crippen LogP contribution >= 0.6 is 0 Å². The molecule has 3 N–H and O–H groups in total. The summed E-state index contributed by atoms with van der Waals surface area (Å²) in [6.07, 6.45) is 1.62. The van der Waals surface area contributed by atoms with Gasteiger partial charge in [0.05, 0.1) is 12.5 Å². The second-order valence-electron chi connectivity index (χ2n) is 3.99. The highest BCUT2D eigenvalue weighted by molar-refractivity contribution is 5.95. The molecule has 1 amide bonds. The highest BCUT2D eigenvalue weighted by atomic mass is 16.3. The lowest BCUT2D eigenvalue weighted by Gasteiger charge is -2.06. The number of nitrogens with zero attached hydrogens (tertiary/aromatic N) is 3. The van der Waals surface area contributed by atoms with Gasteiger partial charge in [0.25, 0.3) is 11.5 Å². The predicted octanol–water partition coefficient (Wildman–Crippen LogP) is 0.181. The Morgan fingerprint density at radius 2 is 2.29 bits per heavy atom. The third kappa shape index (κ3) is 3.22. The second-order valence-corrected chi connectivity index (χ2v) is 3.99. The quantitative estimate of drug-likeness (QED) is 0.686. The molecule has 0 atom stereocenters. The van der Waals surface area contributed by atoms with Crippen LogP contribution in [-0.4, -0.2) is 32.5 Å². The average Bonchev–Trinajstić information content (AvgIpc) is 2.51. The van der Waals surface area contributed by atoms with Crippen molar-refractivity contribution in [3.05, 3.63) is 40.4 Å². The first-order valence-corrected chi connectivity index (χ1v) is 6.03. The van der Waals surface area contributed by atoms with E-state index < -0.39 is 22.9 Å². The van der Waals surface area contributed by atoms with Gasteiger partial charge in [0.15, 0.2) is 11.5 Å². The normalized spacial score (nSPS) is 9.86. The van der Waals surface area contributed by atoms with E-state index >= 15 is 0 Å². The number of aromatic amines is 1. The summed E-state index contributed by atoms with van der Waals surface area (Å²) >= 11 is 0. The number of nitriles is 1. The molecule has 2 aromatic heterocycles. The van der Waals surface area contributed by atoms with Crippen molar-refractivity contribution in [1.82, 2.24) is 20.3 Å². The number of H-pyrrole nitrogens is 1. The van der Waals surface area contributed by atoms with Crippen molar-refractivity contribution in [1.29, 1.82) is 5.26 Å². The van der Waals surface area contributed by atoms with E-state index in [1.165, 1.54) is 6.20 Å². The van der Waals surface area contributed by atoms with Crippen LogP contribution in [0.15, 0.2) is 29.2 Å². The maximum atomic E-state index is 11.9. The Morgan fingerprint density at radius 3 is 2.95 bits per heavy atom. The molecule has 2 rings (SSSR count). The minimum Gasteiger partial charge on any atom is -0.501 e. The molecule has 0 saturated heterocycles. The molecule has 0 spiro atoms. The molecule has 0 unspecified atom stereocenters. The summed E-state index contributed by atoms with van der Waals surface area (Å²) in [6.45, 7) is 0.0994. The molecule has 0 bridgehead atoms. The summed E-state index contributed by atoms with van der Waals surface area (Å²) in [5.41, 5.74) is -0.880. The zero-order valence-electron chi connectivity index (χ0n) is 10.8. The van der Waals surface area contributed by atoms with Crippen molar-refractivity contribution in [2.75, 3.05) is 6.54 Å². The van der Waals surface area contributed by atoms with Gasteiger partial charge in [-0.3, -0.25) is 14.6 Å². The van der Waals surface area contributed by atoms with Gasteiger partial charge >= 0.3 is 0 Å². The van der Waals surface area contributed by atoms with Crippen molar-refractivity contribution in [2.24, 2.45) is 0 Å². The van der Waals surface area contributed by atoms with Gasteiger partial charge in [-0.25, -0.2) is 4.98 Å². The van der Waals surface area contributed by atoms with E-state index in [1.54, 1.807) is 18.2 Å². The molecule has 8 nitrogen and oxygen atoms in total. The number of aromatic hydroxyl groups is 1. The van der Waals surface area contributed by atoms with Crippen LogP contribution in [0, 0.1) is 11.3 Å². The molecule has 0 fully saturated rings. The van der Waals surface area contributed by atoms with Crippen LogP contribution in [-0.2, 0) is 0 Å². The first-order chi connectivity index (χ1) is 10.1. The van der Waals surface area contributed by atoms with Crippen LogP contribution in [0.5, 0.6) is 5.75 Å². The van der Waals surface area contributed by atoms with E-state index in [2.05, 4.69) is 20.3 Å². The molecule has 0 saturated carbocycles. The van der Waals surface area contributed by atoms with Gasteiger partial charge in [0.1, 0.15) is 5.69 Å². The zero-order chi connectivity index (χ0) is 15.2. The number of carbonyl (C=O) groups excluding carboxylic acids is 1. The van der Waals surface area contributed by atoms with E-state index in [0.29, 0.717) is 5.69 Å². The molecule has 2 heterocycles. The molecular formula is C13H11N5O3. The Bertz CT molecular complexity index is 749. The molecular weight excluding hydrogens is 274 g/mol. The highest BCUT2D eigenvalue weighted by Gasteiger charge is 2.18. The van der Waals surface area contributed by atoms with E-state index in [4.69, 9.17) is 5.26 Å². The summed E-state index contributed by atoms with van der Waals surface area (Å²) in [7, 11) is 0. The van der Waals surface area contributed by atoms with Crippen molar-refractivity contribution >= 4 is 5.91 Å². The van der Waals surface area contributed by atoms with Crippen LogP contribution in [0.3, 0.4) is 0 Å². The number of nitrogens with one attached hydrogen (secondary N) is 2. The number of carbonyl (C=O) groups is 1. The SMILES string of the molecule is N#CCCNC(=O)c1nc(-c2ccccn2)[nH]c(=O)c1O. The number of amides is 1. The Labute approximate surface area is 119 Å². The minimum absolute atomic E-state index is 0.0730. The fourth-order valence-electron chi connectivity index (χ4n) is 1.57. The van der Waals surface area contributed by atoms with E-state index in [-0.39, 0.29) is 18.8 Å². The van der Waals surface area contributed by atoms with E-state index in [1.807, 2.05) is 6.07 Å². The molecule has 8 heteroatoms. The third-order valence-corrected chi connectivity index (χ3v) is 2.54. The fourth-order valence-corrected chi connectivity index (χ4v) is 1.57. The van der Waals surface area contributed by atoms with E-state index in [9.17, 15) is 14.7 Å². The largest absolute Gasteiger partial charge is 0.501 e. The van der Waals surface area contributed by atoms with Crippen LogP contribution in [0.2, 0.25) is 0 Å². The smallest absolute Gasteiger partial charge is 0.294 e. The number of pyridine rings is 1. The molecule has 21 heavy (non-hydrogen) atoms. The number of aromatic nitrogens is 3. The third-order valence-electron chi connectivity index (χ3n) is 2.54. The lowest BCUT2D eigenvalue weighted by molar-refractivity contribution is 0.0946. The van der Waals surface area contributed by atoms with Crippen LogP contribution < -0.4 is 10.9 Å². The van der Waals surface area contributed by atoms with Gasteiger partial charge in [0.2, 0.25) is 5.75 Å². The number of rotatable bonds is 4. The first-order valence-electron chi connectivity index (χ1n) is 6.03. The van der Waals surface area contributed by atoms with Gasteiger partial charge in [-0.05, 0) is 12.1 Å². The van der Waals surface area contributed by atoms with Gasteiger partial charge in [0, 0.05) is 12.7 Å². The molecule has 2 aromatic rings. The van der Waals surface area contributed by atoms with Crippen molar-refractivity contribution in [3.8, 4) is 23.3 Å². The van der Waals surface area contributed by atoms with Gasteiger partial charge < -0.3 is 15.4 Å². The van der Waals surface area contributed by atoms with Crippen molar-refractivity contribution < 1.29 is 9.90 Å². The summed E-state index contributed by atoms with van der Waals surface area (Å²) in [4.78, 5) is 33.8. The van der Waals surface area contributed by atoms with Crippen molar-refractivity contribution in [3.63, 3.8) is 0 Å². The monoisotopic (exact) mass is 285 g/mol. The minimum atomic E-state index is -0.837. The van der Waals surface area contributed by atoms with Gasteiger partial charge in [-0.1, -0.05) is 6.07 Å². The topological polar surface area (TPSA) is 132 Å². The maximum absolute atomic E-state index is 11.9. The Morgan fingerprint density at radius 1 is 1.48 bits per heavy atom. The number of hydrogen-bond donors (Lipinski definition) is 3. The summed E-state index contributed by atoms with van der Waals surface area (Å²) < 4.78 is 0. The van der Waals surface area contributed by atoms with Crippen LogP contribution in [0.1, 0.15) is 16.9 Å². The summed E-state index contributed by atoms with van der Waals surface area (Å²) in [5.74, 6) is -1.43. The van der Waals surface area contributed by atoms with Crippen LogP contribution in [0.25, 0.3) is 11.5 Å². The standard InChI is InChI=1S/C13H11N5O3/c14-5-3-7-16-12(20)9-10(19)13(21)18-11(17-9)8-4-1-2-6-15-8/h1-2,4,6,19H,3,7H2,(H,16,20)(H,17,18,21). The first kappa shape index (κ1) is 14.2. The molecule has 106 valence electrons. The molecule has 0 aliphatic carbocycles. The predicted molar refractivity (Wildman–Crippen MR) is 72.3 cm³/mol. The van der Waals surface area contributed by atoms with Crippen molar-refractivity contribution in [2.45, 2.75) is 6.42 Å². The highest BCUT2D eigenvalue weighted by Crippen LogP contribution is 2.14. The zero-order valence-corrected chi connectivity index (χ0v) is 10.8. The lowest BCUT2D eigenvalue weighted by Crippen LogP contribution is -2.27.